The summed E-state index contributed by atoms with van der Waals surface area (Å²) in [7, 11) is 1.99. The number of rotatable bonds is 3. The first kappa shape index (κ1) is 18.0. The number of nitrogens with one attached hydrogen (secondary N) is 2. The van der Waals surface area contributed by atoms with E-state index in [4.69, 9.17) is 0 Å². The van der Waals surface area contributed by atoms with Crippen LogP contribution < -0.4 is 0 Å². The molecular weight excluding hydrogens is 411 g/mol. The van der Waals surface area contributed by atoms with Gasteiger partial charge in [-0.05, 0) is 37.3 Å². The Morgan fingerprint density at radius 1 is 1.03 bits per heavy atom. The average Bonchev–Trinajstić information content (AvgIpc) is 3.54. The lowest BCUT2D eigenvalue weighted by Gasteiger charge is -2.04. The molecule has 0 radical (unpaired) electrons. The minimum Gasteiger partial charge on any atom is -0.353 e. The van der Waals surface area contributed by atoms with Crippen LogP contribution >= 0.6 is 11.3 Å². The van der Waals surface area contributed by atoms with Gasteiger partial charge in [-0.15, -0.1) is 11.3 Å². The number of imidazole rings is 1. The Bertz CT molecular complexity index is 1580. The molecule has 1 aromatic carbocycles. The van der Waals surface area contributed by atoms with E-state index in [-0.39, 0.29) is 5.13 Å². The van der Waals surface area contributed by atoms with Crippen molar-refractivity contribution in [3.8, 4) is 33.1 Å². The first-order valence-corrected chi connectivity index (χ1v) is 10.6. The van der Waals surface area contributed by atoms with E-state index in [9.17, 15) is 4.39 Å². The van der Waals surface area contributed by atoms with Gasteiger partial charge in [0.25, 0.3) is 0 Å². The lowest BCUT2D eigenvalue weighted by Crippen LogP contribution is -1.94. The van der Waals surface area contributed by atoms with Gasteiger partial charge in [0, 0.05) is 45.5 Å². The van der Waals surface area contributed by atoms with Gasteiger partial charge in [0.2, 0.25) is 0 Å². The maximum atomic E-state index is 13.6. The van der Waals surface area contributed by atoms with Crippen LogP contribution in [0.3, 0.4) is 0 Å². The molecule has 8 heteroatoms. The van der Waals surface area contributed by atoms with Crippen molar-refractivity contribution in [1.82, 2.24) is 29.7 Å². The van der Waals surface area contributed by atoms with Crippen LogP contribution in [0.25, 0.3) is 55.0 Å². The highest BCUT2D eigenvalue weighted by Gasteiger charge is 2.16. The number of hydrogen-bond donors (Lipinski definition) is 2. The van der Waals surface area contributed by atoms with Crippen LogP contribution in [0.4, 0.5) is 4.39 Å². The first-order chi connectivity index (χ1) is 15.1. The number of fused-ring (bicyclic) bond motifs is 2. The zero-order valence-electron chi connectivity index (χ0n) is 16.8. The second-order valence-electron chi connectivity index (χ2n) is 7.50. The minimum absolute atomic E-state index is 0.189. The lowest BCUT2D eigenvalue weighted by atomic mass is 10.1. The van der Waals surface area contributed by atoms with Crippen molar-refractivity contribution in [3.05, 3.63) is 65.8 Å². The summed E-state index contributed by atoms with van der Waals surface area (Å²) in [6.07, 6.45) is 3.67. The van der Waals surface area contributed by atoms with Crippen LogP contribution in [0.5, 0.6) is 0 Å². The SMILES string of the molecule is Cc1ncc(-c2cnc3n[nH]c(-c4cc5c(-c6ccc(F)s6)cccc5[nH]4)c3c2)n1C. The molecule has 0 aliphatic rings. The van der Waals surface area contributed by atoms with Gasteiger partial charge in [-0.3, -0.25) is 5.10 Å². The van der Waals surface area contributed by atoms with E-state index < -0.39 is 0 Å². The molecule has 0 saturated heterocycles. The molecule has 6 rings (SSSR count). The van der Waals surface area contributed by atoms with Crippen LogP contribution in [0.15, 0.2) is 54.9 Å². The van der Waals surface area contributed by atoms with Gasteiger partial charge >= 0.3 is 0 Å². The van der Waals surface area contributed by atoms with E-state index in [0.29, 0.717) is 5.65 Å². The molecule has 0 amide bonds. The second-order valence-corrected chi connectivity index (χ2v) is 8.53. The molecule has 2 N–H and O–H groups in total. The number of aromatic nitrogens is 6. The summed E-state index contributed by atoms with van der Waals surface area (Å²) < 4.78 is 15.6. The maximum absolute atomic E-state index is 13.6. The van der Waals surface area contributed by atoms with Crippen molar-refractivity contribution < 1.29 is 4.39 Å². The fourth-order valence-corrected chi connectivity index (χ4v) is 4.75. The first-order valence-electron chi connectivity index (χ1n) is 9.79. The zero-order valence-corrected chi connectivity index (χ0v) is 17.6. The molecule has 0 bridgehead atoms. The standard InChI is InChI=1S/C23H17FN6S/c1-12-25-11-19(30(12)2)13-8-16-22(28-29-23(16)26-10-13)18-9-15-14(4-3-5-17(15)27-18)20-6-7-21(24)31-20/h3-11,27H,1-2H3,(H,26,28,29). The number of pyridine rings is 1. The minimum atomic E-state index is -0.189. The molecule has 152 valence electrons. The van der Waals surface area contributed by atoms with Crippen molar-refractivity contribution in [2.24, 2.45) is 7.05 Å². The summed E-state index contributed by atoms with van der Waals surface area (Å²) in [5, 5.41) is 9.28. The van der Waals surface area contributed by atoms with Crippen LogP contribution in [-0.2, 0) is 7.05 Å². The topological polar surface area (TPSA) is 75.2 Å². The fraction of sp³-hybridized carbons (Fsp3) is 0.0870. The normalized spacial score (nSPS) is 11.7. The number of aromatic amines is 2. The summed E-state index contributed by atoms with van der Waals surface area (Å²) in [6.45, 7) is 1.97. The Labute approximate surface area is 180 Å². The molecule has 31 heavy (non-hydrogen) atoms. The van der Waals surface area contributed by atoms with E-state index in [1.165, 1.54) is 6.07 Å². The number of benzene rings is 1. The maximum Gasteiger partial charge on any atom is 0.181 e. The molecule has 0 fully saturated rings. The Morgan fingerprint density at radius 3 is 2.71 bits per heavy atom. The number of H-pyrrole nitrogens is 2. The molecule has 0 aliphatic carbocycles. The van der Waals surface area contributed by atoms with Crippen LogP contribution in [-0.4, -0.2) is 29.7 Å². The lowest BCUT2D eigenvalue weighted by molar-refractivity contribution is 0.657. The third-order valence-electron chi connectivity index (χ3n) is 5.70. The van der Waals surface area contributed by atoms with E-state index in [0.717, 1.165) is 66.5 Å². The van der Waals surface area contributed by atoms with Gasteiger partial charge in [0.05, 0.1) is 23.3 Å². The molecule has 5 aromatic heterocycles. The van der Waals surface area contributed by atoms with Gasteiger partial charge in [0.1, 0.15) is 5.82 Å². The Morgan fingerprint density at radius 2 is 1.94 bits per heavy atom. The highest BCUT2D eigenvalue weighted by molar-refractivity contribution is 7.14. The molecule has 0 aliphatic heterocycles. The summed E-state index contributed by atoms with van der Waals surface area (Å²) in [5.74, 6) is 0.940. The van der Waals surface area contributed by atoms with Gasteiger partial charge in [0.15, 0.2) is 10.8 Å². The molecule has 0 unspecified atom stereocenters. The monoisotopic (exact) mass is 428 g/mol. The number of nitrogens with zero attached hydrogens (tertiary/aromatic N) is 4. The third-order valence-corrected chi connectivity index (χ3v) is 6.60. The van der Waals surface area contributed by atoms with Gasteiger partial charge in [-0.25, -0.2) is 9.97 Å². The van der Waals surface area contributed by atoms with Crippen LogP contribution in [0, 0.1) is 12.1 Å². The van der Waals surface area contributed by atoms with E-state index >= 15 is 0 Å². The molecule has 5 heterocycles. The summed E-state index contributed by atoms with van der Waals surface area (Å²) in [6, 6.07) is 13.5. The summed E-state index contributed by atoms with van der Waals surface area (Å²) >= 11 is 1.15. The van der Waals surface area contributed by atoms with Crippen molar-refractivity contribution in [1.29, 1.82) is 0 Å². The van der Waals surface area contributed by atoms with E-state index in [1.807, 2.05) is 55.2 Å². The van der Waals surface area contributed by atoms with Crippen LogP contribution in [0.1, 0.15) is 5.82 Å². The highest BCUT2D eigenvalue weighted by atomic mass is 32.1. The molecule has 6 nitrogen and oxygen atoms in total. The van der Waals surface area contributed by atoms with Gasteiger partial charge in [-0.2, -0.15) is 9.49 Å². The van der Waals surface area contributed by atoms with Gasteiger partial charge in [-0.1, -0.05) is 12.1 Å². The average molecular weight is 428 g/mol. The van der Waals surface area contributed by atoms with Crippen LogP contribution in [0.2, 0.25) is 0 Å². The molecule has 0 saturated carbocycles. The quantitative estimate of drug-likeness (QED) is 0.381. The molecule has 0 spiro atoms. The van der Waals surface area contributed by atoms with E-state index in [1.54, 1.807) is 0 Å². The Balaban J connectivity index is 1.52. The van der Waals surface area contributed by atoms with E-state index in [2.05, 4.69) is 37.3 Å². The van der Waals surface area contributed by atoms with Gasteiger partial charge < -0.3 is 9.55 Å². The number of thiophene rings is 1. The van der Waals surface area contributed by atoms with Crippen molar-refractivity contribution in [3.63, 3.8) is 0 Å². The predicted molar refractivity (Wildman–Crippen MR) is 121 cm³/mol. The molecule has 6 aromatic rings. The highest BCUT2D eigenvalue weighted by Crippen LogP contribution is 2.36. The zero-order chi connectivity index (χ0) is 21.1. The van der Waals surface area contributed by atoms with Crippen molar-refractivity contribution in [2.75, 3.05) is 0 Å². The smallest absolute Gasteiger partial charge is 0.181 e. The molecular formula is C23H17FN6S. The second kappa shape index (κ2) is 6.61. The summed E-state index contributed by atoms with van der Waals surface area (Å²) in [4.78, 5) is 13.3. The molecule has 0 atom stereocenters. The fourth-order valence-electron chi connectivity index (χ4n) is 3.98. The number of hydrogen-bond acceptors (Lipinski definition) is 4. The third kappa shape index (κ3) is 2.79. The Hall–Kier alpha value is -3.78. The van der Waals surface area contributed by atoms with Crippen molar-refractivity contribution >= 4 is 33.3 Å². The summed E-state index contributed by atoms with van der Waals surface area (Å²) in [5.41, 5.74) is 6.38. The van der Waals surface area contributed by atoms with Crippen molar-refractivity contribution in [2.45, 2.75) is 6.92 Å². The number of halogens is 1. The number of aryl methyl sites for hydroxylation is 1. The predicted octanol–water partition coefficient (Wildman–Crippen LogP) is 5.68. The largest absolute Gasteiger partial charge is 0.353 e. The Kier molecular flexibility index (Phi) is 3.85.